The molecule has 10 heteroatoms. The number of hydrogen-bond donors (Lipinski definition) is 0. The maximum absolute atomic E-state index is 13.6. The molecule has 0 saturated carbocycles. The number of hydrogen-bond acceptors (Lipinski definition) is 7. The Hall–Kier alpha value is -2.91. The van der Waals surface area contributed by atoms with Gasteiger partial charge in [0.2, 0.25) is 0 Å². The molecule has 4 heterocycles. The van der Waals surface area contributed by atoms with Gasteiger partial charge in [0.1, 0.15) is 17.6 Å². The van der Waals surface area contributed by atoms with Gasteiger partial charge in [0, 0.05) is 21.5 Å². The number of thiazole rings is 1. The molecular weight excluding hydrogens is 527 g/mol. The summed E-state index contributed by atoms with van der Waals surface area (Å²) in [6.45, 7) is 3.74. The second-order valence-corrected chi connectivity index (χ2v) is 10.5. The summed E-state index contributed by atoms with van der Waals surface area (Å²) in [5.74, 6) is 0.541. The largest absolute Gasteiger partial charge is 0.463 e. The zero-order valence-electron chi connectivity index (χ0n) is 18.6. The van der Waals surface area contributed by atoms with Crippen LogP contribution in [0, 0.1) is 0 Å². The molecule has 6 nitrogen and oxygen atoms in total. The molecule has 35 heavy (non-hydrogen) atoms. The van der Waals surface area contributed by atoms with E-state index >= 15 is 0 Å². The fraction of sp³-hybridized carbons (Fsp3) is 0.160. The van der Waals surface area contributed by atoms with E-state index in [4.69, 9.17) is 32.4 Å². The molecule has 1 aliphatic heterocycles. The van der Waals surface area contributed by atoms with Gasteiger partial charge < -0.3 is 9.15 Å². The van der Waals surface area contributed by atoms with E-state index in [1.807, 2.05) is 17.5 Å². The second-order valence-electron chi connectivity index (χ2n) is 7.64. The Morgan fingerprint density at radius 2 is 2.09 bits per heavy atom. The summed E-state index contributed by atoms with van der Waals surface area (Å²) in [5, 5.41) is 2.96. The summed E-state index contributed by atoms with van der Waals surface area (Å²) in [6, 6.07) is 11.8. The van der Waals surface area contributed by atoms with Crippen molar-refractivity contribution in [3.05, 3.63) is 99.5 Å². The first-order valence-corrected chi connectivity index (χ1v) is 13.1. The predicted octanol–water partition coefficient (Wildman–Crippen LogP) is 5.43. The number of thiophene rings is 1. The number of rotatable bonds is 5. The average molecular weight is 545 g/mol. The lowest BCUT2D eigenvalue weighted by atomic mass is 10.0. The summed E-state index contributed by atoms with van der Waals surface area (Å²) in [6.07, 6.45) is 1.67. The minimum absolute atomic E-state index is 0.231. The van der Waals surface area contributed by atoms with Crippen LogP contribution in [-0.2, 0) is 9.53 Å². The second kappa shape index (κ2) is 9.62. The third-order valence-electron chi connectivity index (χ3n) is 5.42. The number of esters is 1. The van der Waals surface area contributed by atoms with Gasteiger partial charge in [-0.25, -0.2) is 9.79 Å². The van der Waals surface area contributed by atoms with Gasteiger partial charge in [0.15, 0.2) is 4.80 Å². The molecule has 0 radical (unpaired) electrons. The van der Waals surface area contributed by atoms with E-state index < -0.39 is 12.0 Å². The summed E-state index contributed by atoms with van der Waals surface area (Å²) < 4.78 is 13.2. The number of halogens is 2. The van der Waals surface area contributed by atoms with Crippen LogP contribution in [0.3, 0.4) is 0 Å². The van der Waals surface area contributed by atoms with Gasteiger partial charge in [-0.05, 0) is 55.6 Å². The van der Waals surface area contributed by atoms with E-state index in [1.54, 1.807) is 54.8 Å². The summed E-state index contributed by atoms with van der Waals surface area (Å²) in [4.78, 5) is 32.3. The minimum Gasteiger partial charge on any atom is -0.463 e. The summed E-state index contributed by atoms with van der Waals surface area (Å²) in [7, 11) is 0. The molecule has 0 amide bonds. The van der Waals surface area contributed by atoms with Crippen molar-refractivity contribution >= 4 is 57.9 Å². The Labute approximate surface area is 218 Å². The molecule has 5 rings (SSSR count). The lowest BCUT2D eigenvalue weighted by Crippen LogP contribution is -2.39. The molecular formula is C25H18Cl2N2O4S2. The lowest BCUT2D eigenvalue weighted by Gasteiger charge is -2.23. The molecule has 1 atom stereocenters. The van der Waals surface area contributed by atoms with Gasteiger partial charge in [-0.15, -0.1) is 11.3 Å². The quantitative estimate of drug-likeness (QED) is 0.314. The Kier molecular flexibility index (Phi) is 6.55. The van der Waals surface area contributed by atoms with Crippen molar-refractivity contribution in [1.82, 2.24) is 4.57 Å². The van der Waals surface area contributed by atoms with Crippen molar-refractivity contribution in [2.75, 3.05) is 6.61 Å². The van der Waals surface area contributed by atoms with Crippen LogP contribution in [0.15, 0.2) is 73.3 Å². The Morgan fingerprint density at radius 1 is 1.26 bits per heavy atom. The van der Waals surface area contributed by atoms with Crippen molar-refractivity contribution in [3.8, 4) is 11.3 Å². The number of aromatic nitrogens is 1. The predicted molar refractivity (Wildman–Crippen MR) is 139 cm³/mol. The highest BCUT2D eigenvalue weighted by Gasteiger charge is 2.33. The zero-order valence-corrected chi connectivity index (χ0v) is 21.7. The van der Waals surface area contributed by atoms with Crippen LogP contribution in [0.1, 0.15) is 30.5 Å². The Balaban J connectivity index is 1.62. The lowest BCUT2D eigenvalue weighted by molar-refractivity contribution is -0.139. The highest BCUT2D eigenvalue weighted by Crippen LogP contribution is 2.34. The summed E-state index contributed by atoms with van der Waals surface area (Å²) >= 11 is 15.1. The van der Waals surface area contributed by atoms with E-state index in [2.05, 4.69) is 4.99 Å². The molecule has 1 aromatic carbocycles. The van der Waals surface area contributed by atoms with Crippen LogP contribution in [0.4, 0.5) is 0 Å². The van der Waals surface area contributed by atoms with Gasteiger partial charge in [-0.2, -0.15) is 0 Å². The molecule has 0 aliphatic carbocycles. The zero-order chi connectivity index (χ0) is 24.7. The molecule has 3 aromatic heterocycles. The molecule has 0 unspecified atom stereocenters. The fourth-order valence-corrected chi connectivity index (χ4v) is 6.13. The molecule has 0 spiro atoms. The Bertz CT molecular complexity index is 1640. The fourth-order valence-electron chi connectivity index (χ4n) is 3.90. The first-order valence-electron chi connectivity index (χ1n) is 10.7. The van der Waals surface area contributed by atoms with E-state index in [-0.39, 0.29) is 12.2 Å². The average Bonchev–Trinajstić information content (AvgIpc) is 3.57. The van der Waals surface area contributed by atoms with Crippen LogP contribution in [0.2, 0.25) is 10.0 Å². The third kappa shape index (κ3) is 4.43. The first kappa shape index (κ1) is 23.8. The van der Waals surface area contributed by atoms with E-state index in [9.17, 15) is 9.59 Å². The van der Waals surface area contributed by atoms with Crippen LogP contribution < -0.4 is 14.9 Å². The molecule has 178 valence electrons. The SMILES string of the molecule is CCOC(=O)C1=C(C)N=c2s/c(=C/c3ccc(-c4cc(Cl)ccc4Cl)o3)c(=O)n2[C@@H]1c1cccs1. The van der Waals surface area contributed by atoms with E-state index in [0.717, 1.165) is 4.88 Å². The van der Waals surface area contributed by atoms with Crippen LogP contribution in [-0.4, -0.2) is 17.1 Å². The number of fused-ring (bicyclic) bond motifs is 1. The van der Waals surface area contributed by atoms with Crippen LogP contribution in [0.25, 0.3) is 17.4 Å². The number of carbonyl (C=O) groups is 1. The molecule has 0 N–H and O–H groups in total. The maximum Gasteiger partial charge on any atom is 0.338 e. The number of ether oxygens (including phenoxy) is 1. The van der Waals surface area contributed by atoms with Crippen molar-refractivity contribution in [2.45, 2.75) is 19.9 Å². The molecule has 4 aromatic rings. The van der Waals surface area contributed by atoms with Gasteiger partial charge >= 0.3 is 5.97 Å². The maximum atomic E-state index is 13.6. The van der Waals surface area contributed by atoms with Gasteiger partial charge in [-0.1, -0.05) is 40.6 Å². The van der Waals surface area contributed by atoms with Crippen molar-refractivity contribution in [3.63, 3.8) is 0 Å². The van der Waals surface area contributed by atoms with Crippen molar-refractivity contribution < 1.29 is 13.9 Å². The molecule has 1 aliphatic rings. The number of benzene rings is 1. The normalized spacial score (nSPS) is 15.8. The first-order chi connectivity index (χ1) is 16.9. The number of allylic oxidation sites excluding steroid dienone is 1. The monoisotopic (exact) mass is 544 g/mol. The summed E-state index contributed by atoms with van der Waals surface area (Å²) in [5.41, 5.74) is 1.29. The minimum atomic E-state index is -0.607. The van der Waals surface area contributed by atoms with Crippen LogP contribution >= 0.6 is 45.9 Å². The smallest absolute Gasteiger partial charge is 0.338 e. The highest BCUT2D eigenvalue weighted by molar-refractivity contribution is 7.10. The third-order valence-corrected chi connectivity index (χ3v) is 7.90. The number of nitrogens with zero attached hydrogens (tertiary/aromatic N) is 2. The van der Waals surface area contributed by atoms with Crippen molar-refractivity contribution in [1.29, 1.82) is 0 Å². The molecule has 0 fully saturated rings. The van der Waals surface area contributed by atoms with Gasteiger partial charge in [-0.3, -0.25) is 9.36 Å². The number of carbonyl (C=O) groups excluding carboxylic acids is 1. The van der Waals surface area contributed by atoms with E-state index in [1.165, 1.54) is 22.7 Å². The van der Waals surface area contributed by atoms with Crippen LogP contribution in [0.5, 0.6) is 0 Å². The number of furan rings is 1. The topological polar surface area (TPSA) is 73.8 Å². The molecule has 0 saturated heterocycles. The van der Waals surface area contributed by atoms with Crippen molar-refractivity contribution in [2.24, 2.45) is 4.99 Å². The standard InChI is InChI=1S/C25H18Cl2N2O4S2/c1-3-32-24(31)21-13(2)28-25-29(22(21)19-5-4-10-34-19)23(30)20(35-25)12-15-7-9-18(33-15)16-11-14(26)6-8-17(16)27/h4-12,22H,3H2,1-2H3/b20-12+/t22-/m1/s1. The van der Waals surface area contributed by atoms with Gasteiger partial charge in [0.05, 0.1) is 27.4 Å². The van der Waals surface area contributed by atoms with E-state index in [0.29, 0.717) is 47.7 Å². The highest BCUT2D eigenvalue weighted by atomic mass is 35.5. The van der Waals surface area contributed by atoms with Gasteiger partial charge in [0.25, 0.3) is 5.56 Å². The Morgan fingerprint density at radius 3 is 2.83 bits per heavy atom. The molecule has 0 bridgehead atoms.